The van der Waals surface area contributed by atoms with Crippen molar-refractivity contribution in [3.8, 4) is 0 Å². The number of nitrogens with zero attached hydrogens (tertiary/aromatic N) is 5. The molecular formula is C94H223N7O33Si11. The lowest BCUT2D eigenvalue weighted by atomic mass is 10.3. The van der Waals surface area contributed by atoms with Crippen LogP contribution in [0.15, 0.2) is 25.3 Å². The Hall–Kier alpha value is 0.266. The van der Waals surface area contributed by atoms with Gasteiger partial charge in [-0.25, -0.2) is 0 Å². The molecule has 40 nitrogen and oxygen atoms in total. The molecule has 0 aromatic rings. The van der Waals surface area contributed by atoms with E-state index in [1.807, 2.05) is 137 Å². The zero-order valence-corrected chi connectivity index (χ0v) is 109. The molecule has 0 unspecified atom stereocenters. The van der Waals surface area contributed by atoms with Crippen LogP contribution in [0.25, 0.3) is 0 Å². The van der Waals surface area contributed by atoms with Gasteiger partial charge in [0.25, 0.3) is 0 Å². The molecule has 145 heavy (non-hydrogen) atoms. The van der Waals surface area contributed by atoms with E-state index < -0.39 is 96.8 Å². The van der Waals surface area contributed by atoms with Gasteiger partial charge in [-0.2, -0.15) is 0 Å². The van der Waals surface area contributed by atoms with Crippen LogP contribution in [-0.4, -0.2) is 458 Å². The molecule has 4 N–H and O–H groups in total. The Morgan fingerprint density at radius 2 is 0.269 bits per heavy atom. The number of rotatable bonds is 103. The molecule has 0 aliphatic carbocycles. The van der Waals surface area contributed by atoms with Crippen LogP contribution in [0.4, 0.5) is 0 Å². The molecule has 0 aromatic heterocycles. The Morgan fingerprint density at radius 3 is 0.400 bits per heavy atom. The van der Waals surface area contributed by atoms with Crippen LogP contribution >= 0.6 is 0 Å². The Balaban J connectivity index is -0.000000568. The number of hydrogen-bond acceptors (Lipinski definition) is 40. The zero-order valence-electron chi connectivity index (χ0n) is 98.2. The highest BCUT2D eigenvalue weighted by Gasteiger charge is 2.48. The third-order valence-electron chi connectivity index (χ3n) is 23.4. The predicted molar refractivity (Wildman–Crippen MR) is 602 cm³/mol. The zero-order chi connectivity index (χ0) is 110. The lowest BCUT2D eigenvalue weighted by Crippen LogP contribution is -2.47. The third-order valence-corrected chi connectivity index (χ3v) is 56.5. The molecule has 51 heteroatoms. The second-order valence-corrected chi connectivity index (χ2v) is 64.6. The summed E-state index contributed by atoms with van der Waals surface area (Å²) < 4.78 is 190. The van der Waals surface area contributed by atoms with E-state index in [1.54, 1.807) is 107 Å². The van der Waals surface area contributed by atoms with Gasteiger partial charge < -0.3 is 172 Å². The van der Waals surface area contributed by atoms with Gasteiger partial charge >= 0.3 is 96.8 Å². The van der Waals surface area contributed by atoms with E-state index in [0.717, 1.165) is 235 Å². The molecular weight excluding hydrogens is 2060 g/mol. The van der Waals surface area contributed by atoms with Crippen molar-refractivity contribution in [3.63, 3.8) is 0 Å². The van der Waals surface area contributed by atoms with Crippen LogP contribution in [0.2, 0.25) is 66.5 Å². The maximum absolute atomic E-state index is 6.06. The molecule has 0 aliphatic rings. The van der Waals surface area contributed by atoms with Crippen LogP contribution in [0.5, 0.6) is 0 Å². The maximum Gasteiger partial charge on any atom is 0.500 e. The summed E-state index contributed by atoms with van der Waals surface area (Å²) in [7, 11) is -3.50. The topological polar surface area (TPSA) is 373 Å². The van der Waals surface area contributed by atoms with Gasteiger partial charge in [-0.3, -0.25) is 9.80 Å². The van der Waals surface area contributed by atoms with Crippen molar-refractivity contribution in [2.75, 3.05) is 337 Å². The standard InChI is InChI=1S/C24H57NO9Si3.C21H47NO6Si2.C20H48N2O6Si2.C15H35NO6Si2.C14H36N2O6Si2/c1-10-29-35(26-7,27-8)22-16-19-25(20-17-23-36(28-9,30-11-2)31-12-3)21-18-24-37(32-13-4,33-14-5)34-15-6;1-8-17-22(18-15-20-29(23-9-2,24-10-3)25-11-4)19-16-21-30(26-12-5,27-13-6)28-14-7;1-7-23-29(24-8-2,25-9-3)19-13-16-22(18-15-21)17-14-20-30(26-10-4,27-11-5)28-12-6;1-8-11-16(12-9-14-23(17-2,18-3)19-4)13-10-15-24(20-5,21-6)22-7;1-17-23(18-2,19-3)13-7-10-16(12-9-15)11-8-14-24(20-4,21-5)22-6/h10-24H2,1-9H3;8H,1,9-21H2,2-7H3;7-21H2,1-6H3;8H,1,9-15H2,2-7H3;7-15H2,1-6H3. The summed E-state index contributed by atoms with van der Waals surface area (Å²) in [6.45, 7) is 69.3. The van der Waals surface area contributed by atoms with Gasteiger partial charge in [0.2, 0.25) is 0 Å². The van der Waals surface area contributed by atoms with Crippen LogP contribution in [0.1, 0.15) is 195 Å². The van der Waals surface area contributed by atoms with Gasteiger partial charge in [0.15, 0.2) is 0 Å². The van der Waals surface area contributed by atoms with Gasteiger partial charge in [-0.15, -0.1) is 13.2 Å². The average Bonchev–Trinajstić information content (AvgIpc) is 0.867. The molecule has 0 heterocycles. The number of hydrogen-bond donors (Lipinski definition) is 2. The quantitative estimate of drug-likeness (QED) is 0.0422. The Kier molecular flexibility index (Phi) is 105. The van der Waals surface area contributed by atoms with Crippen molar-refractivity contribution in [3.05, 3.63) is 25.3 Å². The minimum absolute atomic E-state index is 0.579. The molecule has 0 atom stereocenters. The van der Waals surface area contributed by atoms with E-state index in [4.69, 9.17) is 158 Å². The molecule has 0 saturated carbocycles. The lowest BCUT2D eigenvalue weighted by Gasteiger charge is -2.31. The van der Waals surface area contributed by atoms with E-state index in [2.05, 4.69) is 37.7 Å². The summed E-state index contributed by atoms with van der Waals surface area (Å²) in [4.78, 5) is 11.9. The smallest absolute Gasteiger partial charge is 0.377 e. The molecule has 0 spiro atoms. The fourth-order valence-corrected chi connectivity index (χ4v) is 40.9. The summed E-state index contributed by atoms with van der Waals surface area (Å²) in [6, 6.07) is 8.78. The highest BCUT2D eigenvalue weighted by atomic mass is 28.4. The van der Waals surface area contributed by atoms with E-state index in [9.17, 15) is 0 Å². The molecule has 0 aliphatic heterocycles. The molecule has 876 valence electrons. The summed E-state index contributed by atoms with van der Waals surface area (Å²) in [5, 5.41) is 0. The van der Waals surface area contributed by atoms with Crippen LogP contribution in [0, 0.1) is 0 Å². The van der Waals surface area contributed by atoms with Crippen molar-refractivity contribution in [1.29, 1.82) is 0 Å². The van der Waals surface area contributed by atoms with Gasteiger partial charge in [0, 0.05) is 331 Å². The Labute approximate surface area is 897 Å². The second kappa shape index (κ2) is 98.6. The summed E-state index contributed by atoms with van der Waals surface area (Å²) in [5.74, 6) is 0. The third kappa shape index (κ3) is 68.6. The first-order valence-corrected chi connectivity index (χ1v) is 75.1. The van der Waals surface area contributed by atoms with E-state index in [-0.39, 0.29) is 0 Å². The van der Waals surface area contributed by atoms with E-state index >= 15 is 0 Å². The first-order valence-electron chi connectivity index (χ1n) is 53.9. The van der Waals surface area contributed by atoms with Gasteiger partial charge in [-0.1, -0.05) is 12.2 Å². The predicted octanol–water partition coefficient (Wildman–Crippen LogP) is 14.7. The first kappa shape index (κ1) is 154. The van der Waals surface area contributed by atoms with Crippen LogP contribution in [0.3, 0.4) is 0 Å². The molecule has 0 bridgehead atoms. The fraction of sp³-hybridized carbons (Fsp3) is 0.957. The highest BCUT2D eigenvalue weighted by molar-refractivity contribution is 6.64. The fourth-order valence-electron chi connectivity index (χ4n) is 16.8. The molecule has 0 saturated heterocycles. The molecule has 0 aromatic carbocycles. The van der Waals surface area contributed by atoms with Gasteiger partial charge in [-0.05, 0) is 267 Å². The lowest BCUT2D eigenvalue weighted by molar-refractivity contribution is 0.0678. The van der Waals surface area contributed by atoms with Crippen LogP contribution < -0.4 is 11.5 Å². The highest BCUT2D eigenvalue weighted by Crippen LogP contribution is 2.29. The van der Waals surface area contributed by atoms with Crippen molar-refractivity contribution in [1.82, 2.24) is 24.5 Å². The summed E-state index contributed by atoms with van der Waals surface area (Å²) in [5.41, 5.74) is 11.6. The Morgan fingerprint density at radius 1 is 0.159 bits per heavy atom. The Bertz CT molecular complexity index is 2560. The summed E-state index contributed by atoms with van der Waals surface area (Å²) >= 11 is 0. The van der Waals surface area contributed by atoms with E-state index in [0.29, 0.717) is 132 Å². The molecule has 0 amide bonds. The second-order valence-electron chi connectivity index (χ2n) is 32.8. The van der Waals surface area contributed by atoms with Crippen molar-refractivity contribution in [2.24, 2.45) is 11.5 Å². The van der Waals surface area contributed by atoms with Crippen molar-refractivity contribution < 1.29 is 146 Å². The number of nitrogens with two attached hydrogens (primary N) is 2. The first-order chi connectivity index (χ1) is 69.8. The SMILES string of the molecule is C=CCN(CCC[Si](OC)(OC)OC)CCC[Si](OC)(OC)OC.C=CCN(CCC[Si](OCC)(OCC)OCC)CCC[Si](OCC)(OCC)OCC.CCO[Si](CCCN(CCC[Si](OC)(OCC)OCC)CCC[Si](OCC)(OCC)OCC)(OC)OC.CCO[Si](CCCN(CCN)CCC[Si](OCC)(OCC)OCC)(OCC)OCC.CO[Si](CCCN(CCN)CCC[Si](OC)(OC)OC)(OC)OC. The maximum atomic E-state index is 6.06. The molecule has 0 radical (unpaired) electrons. The van der Waals surface area contributed by atoms with Crippen molar-refractivity contribution in [2.45, 2.75) is 262 Å². The summed E-state index contributed by atoms with van der Waals surface area (Å²) in [6.07, 6.45) is 14.2. The minimum Gasteiger partial charge on any atom is -0.377 e. The van der Waals surface area contributed by atoms with Gasteiger partial charge in [0.1, 0.15) is 0 Å². The van der Waals surface area contributed by atoms with Crippen LogP contribution in [-0.2, 0) is 146 Å². The molecule has 0 fully saturated rings. The minimum atomic E-state index is -2.67. The average molecular weight is 2290 g/mol. The van der Waals surface area contributed by atoms with Gasteiger partial charge in [0.05, 0.1) is 0 Å². The normalized spacial score (nSPS) is 12.9. The van der Waals surface area contributed by atoms with E-state index in [1.165, 1.54) is 0 Å². The largest absolute Gasteiger partial charge is 0.500 e. The molecule has 0 rings (SSSR count). The monoisotopic (exact) mass is 2290 g/mol. The van der Waals surface area contributed by atoms with Crippen molar-refractivity contribution >= 4 is 96.8 Å².